The molecule has 2 N–H and O–H groups in total. The van der Waals surface area contributed by atoms with Crippen LogP contribution < -0.4 is 5.73 Å². The number of thioether (sulfide) groups is 1. The zero-order valence-corrected chi connectivity index (χ0v) is 9.17. The molecular weight excluding hydrogens is 242 g/mol. The van der Waals surface area contributed by atoms with E-state index in [-0.39, 0.29) is 12.1 Å². The lowest BCUT2D eigenvalue weighted by Crippen LogP contribution is -2.06. The normalized spacial score (nSPS) is 11.8. The van der Waals surface area contributed by atoms with Crippen molar-refractivity contribution in [3.05, 3.63) is 24.0 Å². The van der Waals surface area contributed by atoms with Crippen LogP contribution in [0.3, 0.4) is 0 Å². The lowest BCUT2D eigenvalue weighted by Gasteiger charge is -2.06. The van der Waals surface area contributed by atoms with E-state index >= 15 is 0 Å². The summed E-state index contributed by atoms with van der Waals surface area (Å²) in [5, 5.41) is 0. The van der Waals surface area contributed by atoms with Crippen LogP contribution in [0.15, 0.2) is 23.1 Å². The molecule has 90 valence electrons. The number of nitrogen functional groups attached to an aromatic ring is 1. The summed E-state index contributed by atoms with van der Waals surface area (Å²) in [5.74, 6) is -0.180. The van der Waals surface area contributed by atoms with Crippen LogP contribution in [0.5, 0.6) is 0 Å². The average Bonchev–Trinajstić information content (AvgIpc) is 2.09. The van der Waals surface area contributed by atoms with Crippen molar-refractivity contribution in [1.29, 1.82) is 0 Å². The minimum absolute atomic E-state index is 0.0184. The van der Waals surface area contributed by atoms with Gasteiger partial charge in [0, 0.05) is 17.0 Å². The van der Waals surface area contributed by atoms with Gasteiger partial charge in [0.25, 0.3) is 0 Å². The molecule has 0 aliphatic heterocycles. The maximum absolute atomic E-state index is 12.9. The number of hydrogen-bond acceptors (Lipinski definition) is 2. The van der Waals surface area contributed by atoms with Gasteiger partial charge in [-0.25, -0.2) is 4.39 Å². The fraction of sp³-hybridized carbons (Fsp3) is 0.400. The molecule has 0 amide bonds. The van der Waals surface area contributed by atoms with Gasteiger partial charge in [0.15, 0.2) is 0 Å². The Bertz CT molecular complexity index is 331. The Labute approximate surface area is 95.0 Å². The second-order valence-electron chi connectivity index (χ2n) is 3.29. The van der Waals surface area contributed by atoms with Gasteiger partial charge in [0.1, 0.15) is 5.82 Å². The summed E-state index contributed by atoms with van der Waals surface area (Å²) in [7, 11) is 0. The van der Waals surface area contributed by atoms with Crippen LogP contribution in [-0.4, -0.2) is 11.9 Å². The number of benzene rings is 1. The fourth-order valence-corrected chi connectivity index (χ4v) is 2.07. The summed E-state index contributed by atoms with van der Waals surface area (Å²) in [6, 6.07) is 3.97. The van der Waals surface area contributed by atoms with E-state index in [1.165, 1.54) is 23.9 Å². The highest BCUT2D eigenvalue weighted by molar-refractivity contribution is 7.99. The zero-order chi connectivity index (χ0) is 12.2. The highest BCUT2D eigenvalue weighted by atomic mass is 32.2. The van der Waals surface area contributed by atoms with Crippen molar-refractivity contribution in [1.82, 2.24) is 0 Å². The third-order valence-electron chi connectivity index (χ3n) is 1.77. The molecule has 0 radical (unpaired) electrons. The van der Waals surface area contributed by atoms with Crippen LogP contribution >= 0.6 is 11.8 Å². The smallest absolute Gasteiger partial charge is 0.389 e. The first-order valence-corrected chi connectivity index (χ1v) is 5.61. The van der Waals surface area contributed by atoms with Gasteiger partial charge in [-0.2, -0.15) is 13.2 Å². The Kier molecular flexibility index (Phi) is 4.46. The molecule has 1 aromatic carbocycles. The van der Waals surface area contributed by atoms with Crippen molar-refractivity contribution in [2.75, 3.05) is 11.5 Å². The third-order valence-corrected chi connectivity index (χ3v) is 2.83. The van der Waals surface area contributed by atoms with Gasteiger partial charge >= 0.3 is 6.18 Å². The first kappa shape index (κ1) is 13.2. The van der Waals surface area contributed by atoms with Crippen LogP contribution in [0.25, 0.3) is 0 Å². The summed E-state index contributed by atoms with van der Waals surface area (Å²) >= 11 is 1.17. The largest absolute Gasteiger partial charge is 0.399 e. The van der Waals surface area contributed by atoms with Crippen molar-refractivity contribution in [2.24, 2.45) is 0 Å². The minimum atomic E-state index is -4.12. The monoisotopic (exact) mass is 253 g/mol. The predicted octanol–water partition coefficient (Wildman–Crippen LogP) is 3.84. The summed E-state index contributed by atoms with van der Waals surface area (Å²) in [4.78, 5) is 0.555. The quantitative estimate of drug-likeness (QED) is 0.382. The summed E-state index contributed by atoms with van der Waals surface area (Å²) < 4.78 is 48.3. The molecule has 1 rings (SSSR count). The minimum Gasteiger partial charge on any atom is -0.399 e. The molecule has 0 aliphatic carbocycles. The Morgan fingerprint density at radius 3 is 2.44 bits per heavy atom. The fourth-order valence-electron chi connectivity index (χ4n) is 1.13. The molecule has 0 aliphatic rings. The van der Waals surface area contributed by atoms with Crippen LogP contribution in [0.4, 0.5) is 23.2 Å². The van der Waals surface area contributed by atoms with Gasteiger partial charge in [-0.15, -0.1) is 11.8 Å². The molecule has 0 heterocycles. The van der Waals surface area contributed by atoms with Crippen molar-refractivity contribution in [3.63, 3.8) is 0 Å². The third kappa shape index (κ3) is 5.25. The zero-order valence-electron chi connectivity index (χ0n) is 8.35. The molecular formula is C10H11F4NS. The van der Waals surface area contributed by atoms with Crippen LogP contribution in [0.2, 0.25) is 0 Å². The molecule has 0 saturated heterocycles. The van der Waals surface area contributed by atoms with E-state index in [0.717, 1.165) is 0 Å². The highest BCUT2D eigenvalue weighted by Gasteiger charge is 2.25. The van der Waals surface area contributed by atoms with Crippen LogP contribution in [-0.2, 0) is 0 Å². The number of alkyl halides is 3. The van der Waals surface area contributed by atoms with E-state index in [9.17, 15) is 17.6 Å². The van der Waals surface area contributed by atoms with E-state index in [1.54, 1.807) is 6.07 Å². The molecule has 1 nitrogen and oxygen atoms in total. The standard InChI is InChI=1S/C10H11F4NS/c11-7-4-8(15)6-9(5-7)16-3-1-2-10(12,13)14/h4-6H,1-3,15H2. The maximum Gasteiger partial charge on any atom is 0.389 e. The van der Waals surface area contributed by atoms with E-state index in [1.807, 2.05) is 0 Å². The Morgan fingerprint density at radius 2 is 1.88 bits per heavy atom. The average molecular weight is 253 g/mol. The number of anilines is 1. The molecule has 16 heavy (non-hydrogen) atoms. The molecule has 1 aromatic rings. The Balaban J connectivity index is 2.37. The predicted molar refractivity (Wildman–Crippen MR) is 56.8 cm³/mol. The maximum atomic E-state index is 12.9. The number of rotatable bonds is 4. The van der Waals surface area contributed by atoms with E-state index in [4.69, 9.17) is 5.73 Å². The van der Waals surface area contributed by atoms with Crippen molar-refractivity contribution in [3.8, 4) is 0 Å². The lowest BCUT2D eigenvalue weighted by atomic mass is 10.3. The van der Waals surface area contributed by atoms with E-state index < -0.39 is 18.4 Å². The molecule has 0 fully saturated rings. The van der Waals surface area contributed by atoms with Crippen LogP contribution in [0, 0.1) is 5.82 Å². The molecule has 0 spiro atoms. The van der Waals surface area contributed by atoms with Crippen molar-refractivity contribution >= 4 is 17.4 Å². The highest BCUT2D eigenvalue weighted by Crippen LogP contribution is 2.26. The number of nitrogens with two attached hydrogens (primary N) is 1. The first-order chi connectivity index (χ1) is 7.37. The van der Waals surface area contributed by atoms with E-state index in [2.05, 4.69) is 0 Å². The molecule has 0 unspecified atom stereocenters. The number of hydrogen-bond donors (Lipinski definition) is 1. The molecule has 6 heteroatoms. The van der Waals surface area contributed by atoms with Gasteiger partial charge in [0.2, 0.25) is 0 Å². The van der Waals surface area contributed by atoms with E-state index in [0.29, 0.717) is 10.6 Å². The van der Waals surface area contributed by atoms with Gasteiger partial charge < -0.3 is 5.73 Å². The summed E-state index contributed by atoms with van der Waals surface area (Å²) in [6.07, 6.45) is -4.92. The van der Waals surface area contributed by atoms with Gasteiger partial charge in [-0.3, -0.25) is 0 Å². The Morgan fingerprint density at radius 1 is 1.19 bits per heavy atom. The summed E-state index contributed by atoms with van der Waals surface area (Å²) in [6.45, 7) is 0. The summed E-state index contributed by atoms with van der Waals surface area (Å²) in [5.41, 5.74) is 5.68. The van der Waals surface area contributed by atoms with Crippen molar-refractivity contribution in [2.45, 2.75) is 23.9 Å². The molecule has 0 saturated carbocycles. The number of halogens is 4. The lowest BCUT2D eigenvalue weighted by molar-refractivity contribution is -0.134. The first-order valence-electron chi connectivity index (χ1n) is 4.62. The van der Waals surface area contributed by atoms with Gasteiger partial charge in [-0.1, -0.05) is 0 Å². The SMILES string of the molecule is Nc1cc(F)cc(SCCCC(F)(F)F)c1. The topological polar surface area (TPSA) is 26.0 Å². The van der Waals surface area contributed by atoms with Gasteiger partial charge in [0.05, 0.1) is 0 Å². The van der Waals surface area contributed by atoms with Crippen molar-refractivity contribution < 1.29 is 17.6 Å². The van der Waals surface area contributed by atoms with Crippen LogP contribution in [0.1, 0.15) is 12.8 Å². The second kappa shape index (κ2) is 5.43. The second-order valence-corrected chi connectivity index (χ2v) is 4.46. The molecule has 0 atom stereocenters. The molecule has 0 aromatic heterocycles. The van der Waals surface area contributed by atoms with Gasteiger partial charge in [-0.05, 0) is 30.4 Å². The molecule has 0 bridgehead atoms. The Hall–Kier alpha value is -0.910.